The van der Waals surface area contributed by atoms with Gasteiger partial charge in [-0.3, -0.25) is 0 Å². The number of hydrogen-bond acceptors (Lipinski definition) is 5. The first kappa shape index (κ1) is 12.0. The van der Waals surface area contributed by atoms with E-state index in [9.17, 15) is 8.42 Å². The zero-order valence-electron chi connectivity index (χ0n) is 7.75. The molecule has 0 aliphatic heterocycles. The van der Waals surface area contributed by atoms with E-state index >= 15 is 0 Å². The van der Waals surface area contributed by atoms with Crippen molar-refractivity contribution in [1.82, 2.24) is 4.98 Å². The van der Waals surface area contributed by atoms with E-state index in [2.05, 4.69) is 4.98 Å². The van der Waals surface area contributed by atoms with Crippen LogP contribution in [0.3, 0.4) is 0 Å². The molecule has 0 fully saturated rings. The molecule has 0 aliphatic carbocycles. The predicted octanol–water partition coefficient (Wildman–Crippen LogP) is 0.334. The summed E-state index contributed by atoms with van der Waals surface area (Å²) in [5.41, 5.74) is 0.315. The molecule has 1 aromatic rings. The summed E-state index contributed by atoms with van der Waals surface area (Å²) in [6, 6.07) is 6.91. The average Bonchev–Trinajstić information content (AvgIpc) is 2.16. The number of nitrogens with zero attached hydrogens (tertiary/aromatic N) is 2. The Morgan fingerprint density at radius 1 is 1.53 bits per heavy atom. The molecule has 15 heavy (non-hydrogen) atoms. The Hall–Kier alpha value is -1.10. The van der Waals surface area contributed by atoms with Crippen molar-refractivity contribution in [1.29, 1.82) is 5.26 Å². The lowest BCUT2D eigenvalue weighted by atomic mass is 10.4. The number of hydrogen-bond donors (Lipinski definition) is 1. The molecule has 0 amide bonds. The number of nitriles is 1. The molecular weight excluding hydrogens is 234 g/mol. The summed E-state index contributed by atoms with van der Waals surface area (Å²) < 4.78 is 21.3. The number of thioether (sulfide) groups is 1. The fraction of sp³-hybridized carbons (Fsp3) is 0.250. The van der Waals surface area contributed by atoms with Crippen molar-refractivity contribution >= 4 is 21.8 Å². The Bertz CT molecular complexity index is 479. The zero-order valence-corrected chi connectivity index (χ0v) is 9.38. The van der Waals surface area contributed by atoms with Gasteiger partial charge in [0.15, 0.2) is 0 Å². The number of aromatic nitrogens is 1. The van der Waals surface area contributed by atoms with Crippen LogP contribution < -0.4 is 5.14 Å². The first-order chi connectivity index (χ1) is 7.01. The monoisotopic (exact) mass is 243 g/mol. The molecule has 0 bridgehead atoms. The molecule has 1 heterocycles. The lowest BCUT2D eigenvalue weighted by Gasteiger charge is -1.99. The minimum atomic E-state index is -3.42. The lowest BCUT2D eigenvalue weighted by molar-refractivity contribution is 0.599. The van der Waals surface area contributed by atoms with Gasteiger partial charge in [0.2, 0.25) is 10.0 Å². The zero-order chi connectivity index (χ0) is 11.3. The van der Waals surface area contributed by atoms with Crippen LogP contribution in [0.2, 0.25) is 0 Å². The standard InChI is InChI=1S/C8H9N3O2S2/c9-6-7-2-1-3-8(11-7)14-4-5-15(10,12)13/h1-3H,4-5H2,(H2,10,12,13). The number of primary sulfonamides is 1. The van der Waals surface area contributed by atoms with Gasteiger partial charge in [-0.1, -0.05) is 6.07 Å². The summed E-state index contributed by atoms with van der Waals surface area (Å²) >= 11 is 1.26. The van der Waals surface area contributed by atoms with Gasteiger partial charge in [0, 0.05) is 5.75 Å². The third-order valence-corrected chi connectivity index (χ3v) is 3.42. The number of sulfonamides is 1. The lowest BCUT2D eigenvalue weighted by Crippen LogP contribution is -2.17. The van der Waals surface area contributed by atoms with Crippen LogP contribution in [-0.4, -0.2) is 24.9 Å². The minimum Gasteiger partial charge on any atom is -0.231 e. The molecule has 5 nitrogen and oxygen atoms in total. The Kier molecular flexibility index (Phi) is 4.08. The van der Waals surface area contributed by atoms with Gasteiger partial charge < -0.3 is 0 Å². The number of pyridine rings is 1. The Labute approximate surface area is 92.4 Å². The molecule has 0 aromatic carbocycles. The van der Waals surface area contributed by atoms with Gasteiger partial charge in [-0.05, 0) is 12.1 Å². The van der Waals surface area contributed by atoms with E-state index < -0.39 is 10.0 Å². The molecule has 7 heteroatoms. The van der Waals surface area contributed by atoms with Crippen LogP contribution in [0.15, 0.2) is 23.2 Å². The quantitative estimate of drug-likeness (QED) is 0.769. The van der Waals surface area contributed by atoms with E-state index in [1.54, 1.807) is 18.2 Å². The van der Waals surface area contributed by atoms with Gasteiger partial charge >= 0.3 is 0 Å². The van der Waals surface area contributed by atoms with E-state index in [1.807, 2.05) is 6.07 Å². The van der Waals surface area contributed by atoms with Gasteiger partial charge in [-0.2, -0.15) is 5.26 Å². The maximum absolute atomic E-state index is 10.6. The van der Waals surface area contributed by atoms with Crippen molar-refractivity contribution < 1.29 is 8.42 Å². The Morgan fingerprint density at radius 3 is 2.87 bits per heavy atom. The van der Waals surface area contributed by atoms with Gasteiger partial charge in [0.1, 0.15) is 11.8 Å². The van der Waals surface area contributed by atoms with Crippen LogP contribution in [0.5, 0.6) is 0 Å². The van der Waals surface area contributed by atoms with Crippen LogP contribution in [0, 0.1) is 11.3 Å². The third kappa shape index (κ3) is 4.78. The van der Waals surface area contributed by atoms with Crippen molar-refractivity contribution in [2.75, 3.05) is 11.5 Å². The first-order valence-electron chi connectivity index (χ1n) is 4.02. The molecule has 0 radical (unpaired) electrons. The fourth-order valence-electron chi connectivity index (χ4n) is 0.820. The van der Waals surface area contributed by atoms with Crippen molar-refractivity contribution in [3.05, 3.63) is 23.9 Å². The largest absolute Gasteiger partial charge is 0.231 e. The summed E-state index contributed by atoms with van der Waals surface area (Å²) in [4.78, 5) is 3.98. The Balaban J connectivity index is 2.55. The molecule has 0 aliphatic rings. The van der Waals surface area contributed by atoms with Gasteiger partial charge in [-0.15, -0.1) is 11.8 Å². The predicted molar refractivity (Wildman–Crippen MR) is 57.7 cm³/mol. The summed E-state index contributed by atoms with van der Waals surface area (Å²) in [6.07, 6.45) is 0. The van der Waals surface area contributed by atoms with E-state index in [4.69, 9.17) is 10.4 Å². The summed E-state index contributed by atoms with van der Waals surface area (Å²) in [7, 11) is -3.42. The minimum absolute atomic E-state index is 0.101. The molecule has 1 rings (SSSR count). The highest BCUT2D eigenvalue weighted by molar-refractivity contribution is 8.00. The maximum atomic E-state index is 10.6. The summed E-state index contributed by atoms with van der Waals surface area (Å²) in [6.45, 7) is 0. The van der Waals surface area contributed by atoms with E-state index in [0.29, 0.717) is 16.5 Å². The van der Waals surface area contributed by atoms with Crippen molar-refractivity contribution in [2.45, 2.75) is 5.03 Å². The van der Waals surface area contributed by atoms with Crippen molar-refractivity contribution in [2.24, 2.45) is 5.14 Å². The highest BCUT2D eigenvalue weighted by Crippen LogP contribution is 2.14. The van der Waals surface area contributed by atoms with Crippen LogP contribution in [-0.2, 0) is 10.0 Å². The molecule has 80 valence electrons. The smallest absolute Gasteiger partial charge is 0.209 e. The second kappa shape index (κ2) is 5.11. The topological polar surface area (TPSA) is 96.8 Å². The van der Waals surface area contributed by atoms with Crippen LogP contribution in [0.25, 0.3) is 0 Å². The van der Waals surface area contributed by atoms with Crippen LogP contribution >= 0.6 is 11.8 Å². The molecule has 2 N–H and O–H groups in total. The molecule has 0 saturated heterocycles. The van der Waals surface area contributed by atoms with E-state index in [0.717, 1.165) is 0 Å². The third-order valence-electron chi connectivity index (χ3n) is 1.46. The number of rotatable bonds is 4. The van der Waals surface area contributed by atoms with Gasteiger partial charge in [0.25, 0.3) is 0 Å². The average molecular weight is 243 g/mol. The molecular formula is C8H9N3O2S2. The number of nitrogens with two attached hydrogens (primary N) is 1. The van der Waals surface area contributed by atoms with Gasteiger partial charge in [-0.25, -0.2) is 18.5 Å². The molecule has 0 unspecified atom stereocenters. The van der Waals surface area contributed by atoms with Crippen molar-refractivity contribution in [3.8, 4) is 6.07 Å². The summed E-state index contributed by atoms with van der Waals surface area (Å²) in [5, 5.41) is 14.0. The van der Waals surface area contributed by atoms with Crippen molar-refractivity contribution in [3.63, 3.8) is 0 Å². The molecule has 0 saturated carbocycles. The highest BCUT2D eigenvalue weighted by atomic mass is 32.2. The van der Waals surface area contributed by atoms with Gasteiger partial charge in [0.05, 0.1) is 10.8 Å². The second-order valence-corrected chi connectivity index (χ2v) is 5.54. The maximum Gasteiger partial charge on any atom is 0.209 e. The SMILES string of the molecule is N#Cc1cccc(SCCS(N)(=O)=O)n1. The Morgan fingerprint density at radius 2 is 2.27 bits per heavy atom. The van der Waals surface area contributed by atoms with E-state index in [1.165, 1.54) is 11.8 Å². The molecule has 0 atom stereocenters. The van der Waals surface area contributed by atoms with E-state index in [-0.39, 0.29) is 5.75 Å². The van der Waals surface area contributed by atoms with Crippen LogP contribution in [0.1, 0.15) is 5.69 Å². The first-order valence-corrected chi connectivity index (χ1v) is 6.72. The molecule has 1 aromatic heterocycles. The second-order valence-electron chi connectivity index (χ2n) is 2.69. The molecule has 0 spiro atoms. The fourth-order valence-corrected chi connectivity index (χ4v) is 2.63. The normalized spacial score (nSPS) is 10.9. The highest BCUT2D eigenvalue weighted by Gasteiger charge is 2.04. The summed E-state index contributed by atoms with van der Waals surface area (Å²) in [5.74, 6) is 0.233. The van der Waals surface area contributed by atoms with Crippen LogP contribution in [0.4, 0.5) is 0 Å².